The van der Waals surface area contributed by atoms with Crippen LogP contribution in [0.3, 0.4) is 0 Å². The fraction of sp³-hybridized carbons (Fsp3) is 0.257. The second-order valence-corrected chi connectivity index (χ2v) is 13.8. The number of benzene rings is 4. The molecule has 0 aliphatic heterocycles. The van der Waals surface area contributed by atoms with E-state index in [1.54, 1.807) is 30.3 Å². The van der Waals surface area contributed by atoms with Crippen LogP contribution in [0.2, 0.25) is 0 Å². The van der Waals surface area contributed by atoms with Gasteiger partial charge in [-0.25, -0.2) is 8.42 Å². The fourth-order valence-electron chi connectivity index (χ4n) is 4.96. The number of halogens is 1. The van der Waals surface area contributed by atoms with Gasteiger partial charge in [-0.05, 0) is 80.3 Å². The SMILES string of the molecule is Cc1cccc(N(CC(=O)N(Cc2ccc(Br)cc2)[C@@H](Cc2ccccc2)C(=O)NC(C)C)S(=O)(=O)c2ccccc2)c1C. The Morgan fingerprint density at radius 2 is 1.41 bits per heavy atom. The molecule has 0 saturated carbocycles. The van der Waals surface area contributed by atoms with Gasteiger partial charge in [-0.1, -0.05) is 88.7 Å². The van der Waals surface area contributed by atoms with Gasteiger partial charge in [0.15, 0.2) is 0 Å². The lowest BCUT2D eigenvalue weighted by atomic mass is 10.0. The summed E-state index contributed by atoms with van der Waals surface area (Å²) < 4.78 is 30.4. The van der Waals surface area contributed by atoms with Crippen LogP contribution >= 0.6 is 15.9 Å². The maximum atomic E-state index is 14.5. The van der Waals surface area contributed by atoms with E-state index in [1.165, 1.54) is 21.3 Å². The Labute approximate surface area is 269 Å². The third-order valence-electron chi connectivity index (χ3n) is 7.42. The molecule has 4 aromatic carbocycles. The second kappa shape index (κ2) is 14.7. The minimum atomic E-state index is -4.15. The molecule has 0 fully saturated rings. The smallest absolute Gasteiger partial charge is 0.264 e. The average Bonchev–Trinajstić information content (AvgIpc) is 3.00. The van der Waals surface area contributed by atoms with Gasteiger partial charge >= 0.3 is 0 Å². The number of hydrogen-bond acceptors (Lipinski definition) is 4. The predicted molar refractivity (Wildman–Crippen MR) is 179 cm³/mol. The molecule has 1 atom stereocenters. The first-order valence-corrected chi connectivity index (χ1v) is 16.7. The van der Waals surface area contributed by atoms with Crippen molar-refractivity contribution >= 4 is 43.5 Å². The zero-order chi connectivity index (χ0) is 31.9. The summed E-state index contributed by atoms with van der Waals surface area (Å²) in [5.74, 6) is -0.799. The highest BCUT2D eigenvalue weighted by Gasteiger charge is 2.35. The third-order valence-corrected chi connectivity index (χ3v) is 9.73. The molecule has 44 heavy (non-hydrogen) atoms. The first-order chi connectivity index (χ1) is 21.0. The van der Waals surface area contributed by atoms with Crippen molar-refractivity contribution in [3.63, 3.8) is 0 Å². The molecule has 0 aromatic heterocycles. The maximum Gasteiger partial charge on any atom is 0.264 e. The van der Waals surface area contributed by atoms with Crippen molar-refractivity contribution in [2.24, 2.45) is 0 Å². The van der Waals surface area contributed by atoms with E-state index >= 15 is 0 Å². The predicted octanol–water partition coefficient (Wildman–Crippen LogP) is 6.43. The van der Waals surface area contributed by atoms with Crippen LogP contribution in [0.1, 0.15) is 36.1 Å². The van der Waals surface area contributed by atoms with E-state index in [1.807, 2.05) is 88.4 Å². The zero-order valence-electron chi connectivity index (χ0n) is 25.4. The van der Waals surface area contributed by atoms with Crippen LogP contribution < -0.4 is 9.62 Å². The van der Waals surface area contributed by atoms with Crippen molar-refractivity contribution in [1.29, 1.82) is 0 Å². The molecule has 1 N–H and O–H groups in total. The van der Waals surface area contributed by atoms with Crippen molar-refractivity contribution in [2.45, 2.75) is 57.6 Å². The number of amides is 2. The molecule has 9 heteroatoms. The van der Waals surface area contributed by atoms with Crippen molar-refractivity contribution < 1.29 is 18.0 Å². The first kappa shape index (κ1) is 33.0. The zero-order valence-corrected chi connectivity index (χ0v) is 27.8. The van der Waals surface area contributed by atoms with E-state index < -0.39 is 28.5 Å². The molecule has 0 aliphatic carbocycles. The Balaban J connectivity index is 1.82. The maximum absolute atomic E-state index is 14.5. The van der Waals surface area contributed by atoms with Gasteiger partial charge in [0.1, 0.15) is 12.6 Å². The number of nitrogens with zero attached hydrogens (tertiary/aromatic N) is 2. The van der Waals surface area contributed by atoms with E-state index in [9.17, 15) is 18.0 Å². The molecular formula is C35H38BrN3O4S. The lowest BCUT2D eigenvalue weighted by molar-refractivity contribution is -0.140. The highest BCUT2D eigenvalue weighted by atomic mass is 79.9. The average molecular weight is 677 g/mol. The number of hydrogen-bond donors (Lipinski definition) is 1. The van der Waals surface area contributed by atoms with Crippen LogP contribution in [0.25, 0.3) is 0 Å². The first-order valence-electron chi connectivity index (χ1n) is 14.5. The number of anilines is 1. The van der Waals surface area contributed by atoms with E-state index in [0.29, 0.717) is 5.69 Å². The monoisotopic (exact) mass is 675 g/mol. The van der Waals surface area contributed by atoms with Gasteiger partial charge in [0.2, 0.25) is 11.8 Å². The van der Waals surface area contributed by atoms with Crippen molar-refractivity contribution in [2.75, 3.05) is 10.8 Å². The largest absolute Gasteiger partial charge is 0.352 e. The van der Waals surface area contributed by atoms with Gasteiger partial charge in [0.25, 0.3) is 10.0 Å². The molecule has 7 nitrogen and oxygen atoms in total. The summed E-state index contributed by atoms with van der Waals surface area (Å²) in [6.45, 7) is 7.11. The van der Waals surface area contributed by atoms with E-state index in [0.717, 1.165) is 26.7 Å². The molecule has 4 rings (SSSR count). The van der Waals surface area contributed by atoms with Gasteiger partial charge in [0, 0.05) is 23.5 Å². The molecule has 0 unspecified atom stereocenters. The van der Waals surface area contributed by atoms with Crippen LogP contribution in [0, 0.1) is 13.8 Å². The van der Waals surface area contributed by atoms with Crippen LogP contribution in [0.4, 0.5) is 5.69 Å². The second-order valence-electron chi connectivity index (χ2n) is 11.1. The molecule has 0 heterocycles. The molecule has 0 radical (unpaired) electrons. The summed E-state index contributed by atoms with van der Waals surface area (Å²) >= 11 is 3.46. The standard InChI is InChI=1S/C35H38BrN3O4S/c1-25(2)37-35(41)33(22-28-13-7-5-8-14-28)38(23-29-18-20-30(36)21-19-29)34(40)24-39(32-17-11-12-26(3)27(32)4)44(42,43)31-15-9-6-10-16-31/h5-21,25,33H,22-24H2,1-4H3,(H,37,41)/t33-/m0/s1. The third kappa shape index (κ3) is 8.15. The van der Waals surface area contributed by atoms with Gasteiger partial charge < -0.3 is 10.2 Å². The number of sulfonamides is 1. The van der Waals surface area contributed by atoms with Gasteiger partial charge in [0.05, 0.1) is 10.6 Å². The van der Waals surface area contributed by atoms with Crippen LogP contribution in [0.15, 0.2) is 112 Å². The summed E-state index contributed by atoms with van der Waals surface area (Å²) in [6.07, 6.45) is 0.260. The molecule has 0 bridgehead atoms. The van der Waals surface area contributed by atoms with Gasteiger partial charge in [-0.2, -0.15) is 0 Å². The van der Waals surface area contributed by atoms with Gasteiger partial charge in [-0.3, -0.25) is 13.9 Å². The topological polar surface area (TPSA) is 86.8 Å². The summed E-state index contributed by atoms with van der Waals surface area (Å²) in [6, 6.07) is 29.5. The Morgan fingerprint density at radius 1 is 0.795 bits per heavy atom. The van der Waals surface area contributed by atoms with E-state index in [-0.39, 0.29) is 29.8 Å². The minimum Gasteiger partial charge on any atom is -0.352 e. The number of carbonyl (C=O) groups is 2. The highest BCUT2D eigenvalue weighted by Crippen LogP contribution is 2.29. The molecule has 2 amide bonds. The Bertz CT molecular complexity index is 1680. The molecule has 4 aromatic rings. The van der Waals surface area contributed by atoms with Crippen LogP contribution in [0.5, 0.6) is 0 Å². The summed E-state index contributed by atoms with van der Waals surface area (Å²) in [4.78, 5) is 29.9. The van der Waals surface area contributed by atoms with Crippen LogP contribution in [-0.4, -0.2) is 43.8 Å². The highest BCUT2D eigenvalue weighted by molar-refractivity contribution is 9.10. The molecule has 0 saturated heterocycles. The number of rotatable bonds is 12. The van der Waals surface area contributed by atoms with E-state index in [2.05, 4.69) is 21.2 Å². The Hall–Kier alpha value is -3.95. The fourth-order valence-corrected chi connectivity index (χ4v) is 6.72. The molecular weight excluding hydrogens is 638 g/mol. The quantitative estimate of drug-likeness (QED) is 0.188. The Morgan fingerprint density at radius 3 is 2.02 bits per heavy atom. The summed E-state index contributed by atoms with van der Waals surface area (Å²) in [5, 5.41) is 2.98. The van der Waals surface area contributed by atoms with E-state index in [4.69, 9.17) is 0 Å². The number of nitrogens with one attached hydrogen (secondary N) is 1. The normalized spacial score (nSPS) is 12.0. The lowest BCUT2D eigenvalue weighted by Crippen LogP contribution is -2.54. The lowest BCUT2D eigenvalue weighted by Gasteiger charge is -2.34. The van der Waals surface area contributed by atoms with Crippen molar-refractivity contribution in [1.82, 2.24) is 10.2 Å². The molecule has 0 aliphatic rings. The van der Waals surface area contributed by atoms with Crippen LogP contribution in [-0.2, 0) is 32.6 Å². The summed E-state index contributed by atoms with van der Waals surface area (Å²) in [5.41, 5.74) is 3.75. The van der Waals surface area contributed by atoms with Crippen molar-refractivity contribution in [3.8, 4) is 0 Å². The number of carbonyl (C=O) groups excluding carboxylic acids is 2. The molecule has 230 valence electrons. The number of aryl methyl sites for hydroxylation is 1. The van der Waals surface area contributed by atoms with Gasteiger partial charge in [-0.15, -0.1) is 0 Å². The molecule has 0 spiro atoms. The summed E-state index contributed by atoms with van der Waals surface area (Å²) in [7, 11) is -4.15. The Kier molecular flexibility index (Phi) is 11.0. The van der Waals surface area contributed by atoms with Crippen molar-refractivity contribution in [3.05, 3.63) is 130 Å². The minimum absolute atomic E-state index is 0.0755.